The molecule has 0 radical (unpaired) electrons. The number of urea groups is 1. The number of carbonyl (C=O) groups is 2. The average Bonchev–Trinajstić information content (AvgIpc) is 2.75. The van der Waals surface area contributed by atoms with Crippen LogP contribution < -0.4 is 21.3 Å². The van der Waals surface area contributed by atoms with Crippen molar-refractivity contribution in [2.75, 3.05) is 26.2 Å². The molecule has 1 atom stereocenters. The molecule has 4 N–H and O–H groups in total. The number of hydrogen-bond donors (Lipinski definition) is 4. The molecule has 18 heavy (non-hydrogen) atoms. The van der Waals surface area contributed by atoms with Gasteiger partial charge in [0.1, 0.15) is 0 Å². The third-order valence-corrected chi connectivity index (χ3v) is 3.11. The largest absolute Gasteiger partial charge is 0.338 e. The second-order valence-corrected chi connectivity index (χ2v) is 5.00. The van der Waals surface area contributed by atoms with Crippen LogP contribution in [0, 0.1) is 0 Å². The lowest BCUT2D eigenvalue weighted by molar-refractivity contribution is -0.119. The van der Waals surface area contributed by atoms with Crippen molar-refractivity contribution in [3.63, 3.8) is 0 Å². The number of carbonyl (C=O) groups excluding carboxylic acids is 2. The van der Waals surface area contributed by atoms with E-state index in [-0.39, 0.29) is 18.0 Å². The number of nitrogens with one attached hydrogen (secondary N) is 4. The first-order valence-corrected chi connectivity index (χ1v) is 6.59. The fourth-order valence-corrected chi connectivity index (χ4v) is 1.86. The zero-order chi connectivity index (χ0) is 13.4. The van der Waals surface area contributed by atoms with Crippen molar-refractivity contribution in [3.05, 3.63) is 0 Å². The Kier molecular flexibility index (Phi) is 6.07. The van der Waals surface area contributed by atoms with Crippen molar-refractivity contribution < 1.29 is 9.59 Å². The number of unbranched alkanes of at least 4 members (excludes halogenated alkanes) is 1. The summed E-state index contributed by atoms with van der Waals surface area (Å²) >= 11 is 0. The molecule has 0 aromatic heterocycles. The SMILES string of the molecule is CCCCNC(=O)NC(=O)CNC1(C)CCNC1. The Hall–Kier alpha value is -1.14. The van der Waals surface area contributed by atoms with Gasteiger partial charge in [0.15, 0.2) is 0 Å². The Morgan fingerprint density at radius 1 is 1.39 bits per heavy atom. The van der Waals surface area contributed by atoms with E-state index in [4.69, 9.17) is 0 Å². The molecule has 1 rings (SSSR count). The van der Waals surface area contributed by atoms with Crippen molar-refractivity contribution in [2.45, 2.75) is 38.6 Å². The molecule has 6 nitrogen and oxygen atoms in total. The zero-order valence-electron chi connectivity index (χ0n) is 11.3. The highest BCUT2D eigenvalue weighted by Crippen LogP contribution is 2.12. The van der Waals surface area contributed by atoms with Crippen LogP contribution in [0.25, 0.3) is 0 Å². The maximum absolute atomic E-state index is 11.5. The highest BCUT2D eigenvalue weighted by Gasteiger charge is 2.28. The molecule has 1 aliphatic rings. The van der Waals surface area contributed by atoms with Gasteiger partial charge in [0, 0.05) is 18.6 Å². The molecule has 0 saturated carbocycles. The second kappa shape index (κ2) is 7.33. The maximum atomic E-state index is 11.5. The van der Waals surface area contributed by atoms with Gasteiger partial charge in [0.05, 0.1) is 6.54 Å². The van der Waals surface area contributed by atoms with Gasteiger partial charge in [-0.05, 0) is 26.3 Å². The molecule has 1 fully saturated rings. The molecule has 0 aromatic carbocycles. The number of amides is 3. The lowest BCUT2D eigenvalue weighted by Gasteiger charge is -2.23. The minimum atomic E-state index is -0.412. The number of imide groups is 1. The highest BCUT2D eigenvalue weighted by molar-refractivity contribution is 5.95. The molecular weight excluding hydrogens is 232 g/mol. The second-order valence-electron chi connectivity index (χ2n) is 5.00. The van der Waals surface area contributed by atoms with Gasteiger partial charge in [-0.15, -0.1) is 0 Å². The summed E-state index contributed by atoms with van der Waals surface area (Å²) in [4.78, 5) is 22.9. The fraction of sp³-hybridized carbons (Fsp3) is 0.833. The number of hydrogen-bond acceptors (Lipinski definition) is 4. The first-order valence-electron chi connectivity index (χ1n) is 6.59. The Morgan fingerprint density at radius 3 is 2.78 bits per heavy atom. The molecule has 1 aliphatic heterocycles. The summed E-state index contributed by atoms with van der Waals surface area (Å²) < 4.78 is 0. The molecule has 0 aromatic rings. The minimum absolute atomic E-state index is 0.0456. The summed E-state index contributed by atoms with van der Waals surface area (Å²) in [5.41, 5.74) is -0.0456. The molecule has 3 amide bonds. The molecule has 0 bridgehead atoms. The van der Waals surface area contributed by atoms with Crippen LogP contribution in [0.2, 0.25) is 0 Å². The first-order chi connectivity index (χ1) is 8.56. The van der Waals surface area contributed by atoms with E-state index in [1.54, 1.807) is 0 Å². The fourth-order valence-electron chi connectivity index (χ4n) is 1.86. The Balaban J connectivity index is 2.15. The van der Waals surface area contributed by atoms with E-state index >= 15 is 0 Å². The summed E-state index contributed by atoms with van der Waals surface area (Å²) in [5, 5.41) is 11.4. The van der Waals surface area contributed by atoms with Gasteiger partial charge >= 0.3 is 6.03 Å². The van der Waals surface area contributed by atoms with Crippen molar-refractivity contribution in [1.29, 1.82) is 0 Å². The van der Waals surface area contributed by atoms with Crippen LogP contribution in [-0.2, 0) is 4.79 Å². The predicted octanol–water partition coefficient (Wildman–Crippen LogP) is -0.0461. The monoisotopic (exact) mass is 256 g/mol. The molecule has 1 unspecified atom stereocenters. The van der Waals surface area contributed by atoms with E-state index in [9.17, 15) is 9.59 Å². The van der Waals surface area contributed by atoms with Gasteiger partial charge in [0.2, 0.25) is 5.91 Å². The molecule has 1 saturated heterocycles. The predicted molar refractivity (Wildman–Crippen MR) is 70.3 cm³/mol. The maximum Gasteiger partial charge on any atom is 0.321 e. The first kappa shape index (κ1) is 14.9. The van der Waals surface area contributed by atoms with Crippen LogP contribution in [0.15, 0.2) is 0 Å². The van der Waals surface area contributed by atoms with E-state index in [1.165, 1.54) is 0 Å². The standard InChI is InChI=1S/C12H24N4O2/c1-3-4-6-14-11(18)16-10(17)8-15-12(2)5-7-13-9-12/h13,15H,3-9H2,1-2H3,(H2,14,16,17,18). The Bertz CT molecular complexity index is 288. The lowest BCUT2D eigenvalue weighted by Crippen LogP contribution is -2.50. The smallest absolute Gasteiger partial charge is 0.321 e. The third kappa shape index (κ3) is 5.46. The van der Waals surface area contributed by atoms with Crippen LogP contribution >= 0.6 is 0 Å². The van der Waals surface area contributed by atoms with E-state index in [0.717, 1.165) is 32.4 Å². The molecule has 104 valence electrons. The van der Waals surface area contributed by atoms with E-state index in [0.29, 0.717) is 6.54 Å². The van der Waals surface area contributed by atoms with Crippen molar-refractivity contribution in [1.82, 2.24) is 21.3 Å². The van der Waals surface area contributed by atoms with Crippen LogP contribution in [0.4, 0.5) is 4.79 Å². The Labute approximate surface area is 108 Å². The quantitative estimate of drug-likeness (QED) is 0.502. The summed E-state index contributed by atoms with van der Waals surface area (Å²) in [5.74, 6) is -0.294. The molecule has 0 aliphatic carbocycles. The van der Waals surface area contributed by atoms with Crippen molar-refractivity contribution in [3.8, 4) is 0 Å². The van der Waals surface area contributed by atoms with Gasteiger partial charge in [0.25, 0.3) is 0 Å². The van der Waals surface area contributed by atoms with Crippen LogP contribution in [0.3, 0.4) is 0 Å². The van der Waals surface area contributed by atoms with Gasteiger partial charge in [-0.3, -0.25) is 10.1 Å². The topological polar surface area (TPSA) is 82.3 Å². The minimum Gasteiger partial charge on any atom is -0.338 e. The van der Waals surface area contributed by atoms with E-state index in [1.807, 2.05) is 6.92 Å². The van der Waals surface area contributed by atoms with Gasteiger partial charge in [-0.2, -0.15) is 0 Å². The van der Waals surface area contributed by atoms with Gasteiger partial charge in [-0.1, -0.05) is 13.3 Å². The van der Waals surface area contributed by atoms with Crippen LogP contribution in [0.1, 0.15) is 33.1 Å². The van der Waals surface area contributed by atoms with E-state index in [2.05, 4.69) is 28.2 Å². The molecule has 0 spiro atoms. The van der Waals surface area contributed by atoms with Crippen LogP contribution in [0.5, 0.6) is 0 Å². The summed E-state index contributed by atoms with van der Waals surface area (Å²) in [6.45, 7) is 6.70. The average molecular weight is 256 g/mol. The number of rotatable bonds is 6. The third-order valence-electron chi connectivity index (χ3n) is 3.11. The summed E-state index contributed by atoms with van der Waals surface area (Å²) in [6, 6.07) is -0.412. The van der Waals surface area contributed by atoms with Crippen molar-refractivity contribution >= 4 is 11.9 Å². The summed E-state index contributed by atoms with van der Waals surface area (Å²) in [7, 11) is 0. The molecular formula is C12H24N4O2. The summed E-state index contributed by atoms with van der Waals surface area (Å²) in [6.07, 6.45) is 2.92. The van der Waals surface area contributed by atoms with Crippen molar-refractivity contribution in [2.24, 2.45) is 0 Å². The highest BCUT2D eigenvalue weighted by atomic mass is 16.2. The van der Waals surface area contributed by atoms with Crippen LogP contribution in [-0.4, -0.2) is 43.7 Å². The lowest BCUT2D eigenvalue weighted by atomic mass is 10.0. The molecule has 1 heterocycles. The molecule has 6 heteroatoms. The zero-order valence-corrected chi connectivity index (χ0v) is 11.3. The van der Waals surface area contributed by atoms with Gasteiger partial charge in [-0.25, -0.2) is 4.79 Å². The Morgan fingerprint density at radius 2 is 2.17 bits per heavy atom. The van der Waals surface area contributed by atoms with Gasteiger partial charge < -0.3 is 16.0 Å². The normalized spacial score (nSPS) is 22.8. The van der Waals surface area contributed by atoms with E-state index < -0.39 is 6.03 Å².